The summed E-state index contributed by atoms with van der Waals surface area (Å²) in [7, 11) is -4.79. The van der Waals surface area contributed by atoms with Crippen molar-refractivity contribution in [1.29, 1.82) is 0 Å². The zero-order valence-electron chi connectivity index (χ0n) is 11.0. The Morgan fingerprint density at radius 1 is 1.25 bits per heavy atom. The number of hydrogen-bond donors (Lipinski definition) is 2. The summed E-state index contributed by atoms with van der Waals surface area (Å²) in [6, 6.07) is 3.04. The second kappa shape index (κ2) is 6.04. The van der Waals surface area contributed by atoms with Crippen LogP contribution in [-0.4, -0.2) is 47.5 Å². The summed E-state index contributed by atoms with van der Waals surface area (Å²) in [4.78, 5) is -0.313. The van der Waals surface area contributed by atoms with Crippen LogP contribution >= 0.6 is 0 Å². The van der Waals surface area contributed by atoms with E-state index in [4.69, 9.17) is 5.73 Å². The van der Waals surface area contributed by atoms with E-state index >= 15 is 0 Å². The molecule has 0 radical (unpaired) electrons. The Hall–Kier alpha value is -1.23. The average molecular weight is 325 g/mol. The molecular formula is C10H16FN3O4S2. The average Bonchev–Trinajstić information content (AvgIpc) is 2.31. The number of benzene rings is 1. The molecule has 0 spiro atoms. The Balaban J connectivity index is 2.79. The summed E-state index contributed by atoms with van der Waals surface area (Å²) in [6.07, 6.45) is 0. The van der Waals surface area contributed by atoms with Crippen LogP contribution in [0.4, 0.5) is 10.1 Å². The summed E-state index contributed by atoms with van der Waals surface area (Å²) in [5.74, 6) is -1.25. The van der Waals surface area contributed by atoms with Crippen molar-refractivity contribution in [3.63, 3.8) is 0 Å². The number of sulfonamides is 2. The smallest absolute Gasteiger partial charge is 0.240 e. The third kappa shape index (κ3) is 4.13. The van der Waals surface area contributed by atoms with Gasteiger partial charge in [-0.05, 0) is 18.2 Å². The summed E-state index contributed by atoms with van der Waals surface area (Å²) in [5, 5.41) is 0. The second-order valence-electron chi connectivity index (χ2n) is 4.18. The Morgan fingerprint density at radius 2 is 1.85 bits per heavy atom. The first kappa shape index (κ1) is 16.8. The summed E-state index contributed by atoms with van der Waals surface area (Å²) >= 11 is 0. The number of nitrogens with one attached hydrogen (secondary N) is 1. The largest absolute Gasteiger partial charge is 0.396 e. The minimum atomic E-state index is -3.98. The Kier molecular flexibility index (Phi) is 5.08. The lowest BCUT2D eigenvalue weighted by atomic mass is 10.3. The van der Waals surface area contributed by atoms with Gasteiger partial charge in [0.25, 0.3) is 0 Å². The zero-order chi connectivity index (χ0) is 15.6. The van der Waals surface area contributed by atoms with Gasteiger partial charge in [-0.2, -0.15) is 0 Å². The van der Waals surface area contributed by atoms with Gasteiger partial charge in [0.1, 0.15) is 5.82 Å². The van der Waals surface area contributed by atoms with Crippen molar-refractivity contribution in [2.75, 3.05) is 32.1 Å². The predicted molar refractivity (Wildman–Crippen MR) is 73.5 cm³/mol. The van der Waals surface area contributed by atoms with Crippen LogP contribution in [0.1, 0.15) is 0 Å². The molecule has 0 aromatic heterocycles. The number of nitrogen functional groups attached to an aromatic ring is 1. The first-order valence-electron chi connectivity index (χ1n) is 5.51. The highest BCUT2D eigenvalue weighted by molar-refractivity contribution is 7.90. The molecule has 0 fully saturated rings. The number of hydrogen-bond acceptors (Lipinski definition) is 5. The zero-order valence-corrected chi connectivity index (χ0v) is 12.6. The molecule has 0 aliphatic rings. The molecule has 0 atom stereocenters. The number of nitrogens with zero attached hydrogens (tertiary/aromatic N) is 1. The Labute approximate surface area is 117 Å². The van der Waals surface area contributed by atoms with Crippen LogP contribution in [0, 0.1) is 5.82 Å². The SMILES string of the molecule is CN(C)S(=O)(=O)CCNS(=O)(=O)c1ccc(N)c(F)c1. The Morgan fingerprint density at radius 3 is 2.35 bits per heavy atom. The van der Waals surface area contributed by atoms with Gasteiger partial charge in [0.2, 0.25) is 20.0 Å². The van der Waals surface area contributed by atoms with E-state index in [1.165, 1.54) is 14.1 Å². The maximum Gasteiger partial charge on any atom is 0.240 e. The van der Waals surface area contributed by atoms with Crippen LogP contribution in [0.15, 0.2) is 23.1 Å². The van der Waals surface area contributed by atoms with E-state index in [9.17, 15) is 21.2 Å². The van der Waals surface area contributed by atoms with Gasteiger partial charge in [-0.15, -0.1) is 0 Å². The van der Waals surface area contributed by atoms with Crippen molar-refractivity contribution in [3.05, 3.63) is 24.0 Å². The molecule has 1 rings (SSSR count). The van der Waals surface area contributed by atoms with Gasteiger partial charge >= 0.3 is 0 Å². The van der Waals surface area contributed by atoms with Gasteiger partial charge in [0.05, 0.1) is 16.3 Å². The molecule has 0 unspecified atom stereocenters. The molecule has 3 N–H and O–H groups in total. The van der Waals surface area contributed by atoms with Crippen molar-refractivity contribution < 1.29 is 21.2 Å². The molecule has 1 aromatic carbocycles. The fourth-order valence-electron chi connectivity index (χ4n) is 1.25. The first-order valence-corrected chi connectivity index (χ1v) is 8.60. The van der Waals surface area contributed by atoms with Crippen LogP contribution in [0.5, 0.6) is 0 Å². The third-order valence-corrected chi connectivity index (χ3v) is 5.78. The molecule has 1 aromatic rings. The van der Waals surface area contributed by atoms with Gasteiger partial charge in [-0.1, -0.05) is 0 Å². The van der Waals surface area contributed by atoms with Crippen molar-refractivity contribution in [2.45, 2.75) is 4.90 Å². The van der Waals surface area contributed by atoms with Gasteiger partial charge in [-0.3, -0.25) is 0 Å². The van der Waals surface area contributed by atoms with Crippen molar-refractivity contribution >= 4 is 25.7 Å². The first-order chi connectivity index (χ1) is 9.06. The molecule has 0 saturated heterocycles. The number of nitrogens with two attached hydrogens (primary N) is 1. The van der Waals surface area contributed by atoms with Gasteiger partial charge in [-0.25, -0.2) is 30.3 Å². The molecule has 0 aliphatic carbocycles. The van der Waals surface area contributed by atoms with Gasteiger partial charge < -0.3 is 5.73 Å². The van der Waals surface area contributed by atoms with Gasteiger partial charge in [0, 0.05) is 20.6 Å². The minimum Gasteiger partial charge on any atom is -0.396 e. The van der Waals surface area contributed by atoms with E-state index < -0.39 is 31.6 Å². The van der Waals surface area contributed by atoms with Gasteiger partial charge in [0.15, 0.2) is 0 Å². The molecular weight excluding hydrogens is 309 g/mol. The summed E-state index contributed by atoms with van der Waals surface area (Å²) in [6.45, 7) is -0.311. The Bertz CT molecular complexity index is 686. The third-order valence-electron chi connectivity index (χ3n) is 2.49. The lowest BCUT2D eigenvalue weighted by Gasteiger charge is -2.12. The number of anilines is 1. The normalized spacial score (nSPS) is 12.8. The van der Waals surface area contributed by atoms with Crippen LogP contribution in [0.3, 0.4) is 0 Å². The highest BCUT2D eigenvalue weighted by Gasteiger charge is 2.18. The molecule has 7 nitrogen and oxygen atoms in total. The van der Waals surface area contributed by atoms with Crippen LogP contribution < -0.4 is 10.5 Å². The quantitative estimate of drug-likeness (QED) is 0.690. The second-order valence-corrected chi connectivity index (χ2v) is 8.25. The van der Waals surface area contributed by atoms with Crippen LogP contribution in [-0.2, 0) is 20.0 Å². The van der Waals surface area contributed by atoms with Crippen LogP contribution in [0.2, 0.25) is 0 Å². The van der Waals surface area contributed by atoms with E-state index in [0.717, 1.165) is 22.5 Å². The lowest BCUT2D eigenvalue weighted by molar-refractivity contribution is 0.519. The molecule has 20 heavy (non-hydrogen) atoms. The number of rotatable bonds is 6. The topological polar surface area (TPSA) is 110 Å². The van der Waals surface area contributed by atoms with E-state index in [1.807, 2.05) is 0 Å². The molecule has 10 heteroatoms. The monoisotopic (exact) mass is 325 g/mol. The standard InChI is InChI=1S/C10H16FN3O4S2/c1-14(2)19(15,16)6-5-13-20(17,18)8-3-4-10(12)9(11)7-8/h3-4,7,13H,5-6,12H2,1-2H3. The summed E-state index contributed by atoms with van der Waals surface area (Å²) < 4.78 is 62.9. The maximum atomic E-state index is 13.2. The van der Waals surface area contributed by atoms with Crippen molar-refractivity contribution in [2.24, 2.45) is 0 Å². The highest BCUT2D eigenvalue weighted by Crippen LogP contribution is 2.15. The maximum absolute atomic E-state index is 13.2. The van der Waals surface area contributed by atoms with E-state index in [1.54, 1.807) is 0 Å². The van der Waals surface area contributed by atoms with Crippen molar-refractivity contribution in [3.8, 4) is 0 Å². The highest BCUT2D eigenvalue weighted by atomic mass is 32.2. The molecule has 114 valence electrons. The van der Waals surface area contributed by atoms with E-state index in [2.05, 4.69) is 4.72 Å². The minimum absolute atomic E-state index is 0.167. The van der Waals surface area contributed by atoms with E-state index in [0.29, 0.717) is 0 Å². The predicted octanol–water partition coefficient (Wildman–Crippen LogP) is -0.422. The summed E-state index contributed by atoms with van der Waals surface area (Å²) in [5.41, 5.74) is 5.08. The fraction of sp³-hybridized carbons (Fsp3) is 0.400. The van der Waals surface area contributed by atoms with E-state index in [-0.39, 0.29) is 17.1 Å². The lowest BCUT2D eigenvalue weighted by Crippen LogP contribution is -2.34. The molecule has 0 aliphatic heterocycles. The number of halogens is 1. The molecule has 0 amide bonds. The molecule has 0 heterocycles. The van der Waals surface area contributed by atoms with Crippen molar-refractivity contribution in [1.82, 2.24) is 9.03 Å². The fourth-order valence-corrected chi connectivity index (χ4v) is 3.14. The molecule has 0 saturated carbocycles. The molecule has 0 bridgehead atoms. The van der Waals surface area contributed by atoms with Crippen LogP contribution in [0.25, 0.3) is 0 Å².